The van der Waals surface area contributed by atoms with E-state index in [0.29, 0.717) is 5.41 Å². The van der Waals surface area contributed by atoms with Gasteiger partial charge in [-0.1, -0.05) is 97.7 Å². The van der Waals surface area contributed by atoms with Crippen molar-refractivity contribution in [3.05, 3.63) is 0 Å². The first-order valence-electron chi connectivity index (χ1n) is 8.78. The lowest BCUT2D eigenvalue weighted by Gasteiger charge is -2.30. The van der Waals surface area contributed by atoms with Gasteiger partial charge in [-0.05, 0) is 18.6 Å². The van der Waals surface area contributed by atoms with E-state index in [-0.39, 0.29) is 0 Å². The van der Waals surface area contributed by atoms with Gasteiger partial charge in [0.05, 0.1) is 4.20 Å². The van der Waals surface area contributed by atoms with Gasteiger partial charge in [0, 0.05) is 5.41 Å². The zero-order valence-electron chi connectivity index (χ0n) is 14.3. The molecule has 1 atom stereocenters. The molecule has 0 saturated heterocycles. The predicted molar refractivity (Wildman–Crippen MR) is 101 cm³/mol. The Balaban J connectivity index is 4.19. The average molecular weight is 317 g/mol. The van der Waals surface area contributed by atoms with E-state index in [1.165, 1.54) is 74.8 Å². The van der Waals surface area contributed by atoms with E-state index in [2.05, 4.69) is 27.7 Å². The molecule has 0 nitrogen and oxygen atoms in total. The average Bonchev–Trinajstić information content (AvgIpc) is 2.44. The van der Waals surface area contributed by atoms with E-state index in [1.807, 2.05) is 11.8 Å². The Labute approximate surface area is 137 Å². The van der Waals surface area contributed by atoms with Gasteiger partial charge in [0.15, 0.2) is 0 Å². The molecule has 0 aliphatic rings. The van der Waals surface area contributed by atoms with Crippen molar-refractivity contribution in [3.63, 3.8) is 0 Å². The van der Waals surface area contributed by atoms with Crippen LogP contribution < -0.4 is 0 Å². The van der Waals surface area contributed by atoms with Crippen LogP contribution in [0.1, 0.15) is 98.3 Å². The molecule has 0 amide bonds. The van der Waals surface area contributed by atoms with E-state index >= 15 is 0 Å². The molecule has 0 N–H and O–H groups in total. The molecular formula is C18H36S2. The van der Waals surface area contributed by atoms with Crippen molar-refractivity contribution >= 4 is 28.2 Å². The molecule has 0 saturated carbocycles. The molecule has 0 aromatic rings. The summed E-state index contributed by atoms with van der Waals surface area (Å²) in [5.74, 6) is 1.12. The van der Waals surface area contributed by atoms with E-state index in [4.69, 9.17) is 12.2 Å². The predicted octanol–water partition coefficient (Wildman–Crippen LogP) is 7.40. The van der Waals surface area contributed by atoms with E-state index < -0.39 is 0 Å². The lowest BCUT2D eigenvalue weighted by molar-refractivity contribution is 0.366. The Bertz CT molecular complexity index is 238. The maximum Gasteiger partial charge on any atom is 0.0537 e. The fourth-order valence-corrected chi connectivity index (χ4v) is 4.07. The molecule has 0 radical (unpaired) electrons. The molecule has 2 heteroatoms. The summed E-state index contributed by atoms with van der Waals surface area (Å²) >= 11 is 7.63. The SMILES string of the molecule is CCCCCCCC(C)(CCCCCC)C(=S)SCC. The largest absolute Gasteiger partial charge is 0.119 e. The van der Waals surface area contributed by atoms with Crippen LogP contribution in [0.5, 0.6) is 0 Å². The third kappa shape index (κ3) is 9.39. The highest BCUT2D eigenvalue weighted by molar-refractivity contribution is 8.23. The summed E-state index contributed by atoms with van der Waals surface area (Å²) in [7, 11) is 0. The molecular weight excluding hydrogens is 280 g/mol. The van der Waals surface area contributed by atoms with E-state index in [1.54, 1.807) is 0 Å². The van der Waals surface area contributed by atoms with E-state index in [0.717, 1.165) is 5.75 Å². The van der Waals surface area contributed by atoms with Gasteiger partial charge in [0.25, 0.3) is 0 Å². The molecule has 0 heterocycles. The Morgan fingerprint density at radius 2 is 1.25 bits per heavy atom. The van der Waals surface area contributed by atoms with Crippen molar-refractivity contribution in [1.29, 1.82) is 0 Å². The van der Waals surface area contributed by atoms with Crippen LogP contribution >= 0.6 is 24.0 Å². The highest BCUT2D eigenvalue weighted by Crippen LogP contribution is 2.37. The minimum atomic E-state index is 0.302. The van der Waals surface area contributed by atoms with Gasteiger partial charge in [-0.3, -0.25) is 0 Å². The number of thioether (sulfide) groups is 1. The van der Waals surface area contributed by atoms with Crippen LogP contribution in [0, 0.1) is 5.41 Å². The van der Waals surface area contributed by atoms with Crippen LogP contribution in [-0.4, -0.2) is 9.95 Å². The van der Waals surface area contributed by atoms with Crippen molar-refractivity contribution in [1.82, 2.24) is 0 Å². The van der Waals surface area contributed by atoms with Crippen LogP contribution in [0.2, 0.25) is 0 Å². The molecule has 0 spiro atoms. The van der Waals surface area contributed by atoms with Crippen LogP contribution in [0.15, 0.2) is 0 Å². The monoisotopic (exact) mass is 316 g/mol. The van der Waals surface area contributed by atoms with Crippen molar-refractivity contribution in [3.8, 4) is 0 Å². The maximum absolute atomic E-state index is 5.73. The van der Waals surface area contributed by atoms with Gasteiger partial charge in [-0.15, -0.1) is 11.8 Å². The molecule has 0 aromatic heterocycles. The van der Waals surface area contributed by atoms with Gasteiger partial charge in [0.2, 0.25) is 0 Å². The Hall–Kier alpha value is 0.440. The molecule has 0 aliphatic heterocycles. The van der Waals surface area contributed by atoms with Crippen molar-refractivity contribution in [2.45, 2.75) is 98.3 Å². The summed E-state index contributed by atoms with van der Waals surface area (Å²) in [6.07, 6.45) is 14.9. The Morgan fingerprint density at radius 3 is 1.70 bits per heavy atom. The van der Waals surface area contributed by atoms with Crippen LogP contribution in [-0.2, 0) is 0 Å². The second-order valence-electron chi connectivity index (χ2n) is 6.26. The Kier molecular flexibility index (Phi) is 13.4. The molecule has 20 heavy (non-hydrogen) atoms. The van der Waals surface area contributed by atoms with E-state index in [9.17, 15) is 0 Å². The minimum Gasteiger partial charge on any atom is -0.119 e. The summed E-state index contributed by atoms with van der Waals surface area (Å²) in [4.78, 5) is 0. The molecule has 0 fully saturated rings. The lowest BCUT2D eigenvalue weighted by Crippen LogP contribution is -2.24. The number of rotatable bonds is 13. The summed E-state index contributed by atoms with van der Waals surface area (Å²) in [6.45, 7) is 9.20. The molecule has 1 unspecified atom stereocenters. The second-order valence-corrected chi connectivity index (χ2v) is 8.20. The number of thiocarbonyl (C=S) groups is 1. The molecule has 0 aliphatic carbocycles. The van der Waals surface area contributed by atoms with Crippen LogP contribution in [0.3, 0.4) is 0 Å². The molecule has 0 aromatic carbocycles. The quantitative estimate of drug-likeness (QED) is 0.256. The smallest absolute Gasteiger partial charge is 0.0537 e. The zero-order valence-corrected chi connectivity index (χ0v) is 15.9. The molecule has 0 rings (SSSR count). The summed E-state index contributed by atoms with van der Waals surface area (Å²) in [5.41, 5.74) is 0.302. The molecule has 0 bridgehead atoms. The first-order valence-corrected chi connectivity index (χ1v) is 10.2. The summed E-state index contributed by atoms with van der Waals surface area (Å²) in [6, 6.07) is 0. The number of unbranched alkanes of at least 4 members (excludes halogenated alkanes) is 7. The first kappa shape index (κ1) is 20.4. The van der Waals surface area contributed by atoms with Gasteiger partial charge >= 0.3 is 0 Å². The Morgan fingerprint density at radius 1 is 0.800 bits per heavy atom. The minimum absolute atomic E-state index is 0.302. The third-order valence-corrected chi connectivity index (χ3v) is 6.07. The second kappa shape index (κ2) is 13.1. The topological polar surface area (TPSA) is 0 Å². The van der Waals surface area contributed by atoms with Crippen molar-refractivity contribution in [2.24, 2.45) is 5.41 Å². The standard InChI is InChI=1S/C18H36S2/c1-5-8-10-12-14-16-18(4,17(19)20-7-3)15-13-11-9-6-2/h5-16H2,1-4H3. The zero-order chi connectivity index (χ0) is 15.3. The number of hydrogen-bond acceptors (Lipinski definition) is 2. The highest BCUT2D eigenvalue weighted by Gasteiger charge is 2.28. The van der Waals surface area contributed by atoms with Gasteiger partial charge < -0.3 is 0 Å². The first-order chi connectivity index (χ1) is 9.60. The van der Waals surface area contributed by atoms with Gasteiger partial charge in [-0.2, -0.15) is 0 Å². The van der Waals surface area contributed by atoms with Crippen LogP contribution in [0.25, 0.3) is 0 Å². The summed E-state index contributed by atoms with van der Waals surface area (Å²) < 4.78 is 1.27. The molecule has 120 valence electrons. The fourth-order valence-electron chi connectivity index (χ4n) is 2.70. The summed E-state index contributed by atoms with van der Waals surface area (Å²) in [5, 5.41) is 0. The fraction of sp³-hybridized carbons (Fsp3) is 0.944. The van der Waals surface area contributed by atoms with Gasteiger partial charge in [0.1, 0.15) is 0 Å². The van der Waals surface area contributed by atoms with Crippen LogP contribution in [0.4, 0.5) is 0 Å². The lowest BCUT2D eigenvalue weighted by atomic mass is 9.81. The van der Waals surface area contributed by atoms with Crippen molar-refractivity contribution < 1.29 is 0 Å². The third-order valence-electron chi connectivity index (χ3n) is 4.18. The van der Waals surface area contributed by atoms with Crippen molar-refractivity contribution in [2.75, 3.05) is 5.75 Å². The normalized spacial score (nSPS) is 14.2. The maximum atomic E-state index is 5.73. The van der Waals surface area contributed by atoms with Gasteiger partial charge in [-0.25, -0.2) is 0 Å². The highest BCUT2D eigenvalue weighted by atomic mass is 32.2. The number of hydrogen-bond donors (Lipinski definition) is 0.